The number of aromatic hydroxyl groups is 1. The Morgan fingerprint density at radius 3 is 1.38 bits per heavy atom. The Balaban J connectivity index is 2.14. The van der Waals surface area contributed by atoms with Gasteiger partial charge < -0.3 is 5.11 Å². The molecule has 0 aliphatic carbocycles. The highest BCUT2D eigenvalue weighted by atomic mass is 16.3. The van der Waals surface area contributed by atoms with Gasteiger partial charge in [-0.25, -0.2) is 0 Å². The van der Waals surface area contributed by atoms with Crippen LogP contribution in [0.5, 0.6) is 5.75 Å². The fraction of sp³-hybridized carbons (Fsp3) is 0.609. The van der Waals surface area contributed by atoms with Gasteiger partial charge in [-0.2, -0.15) is 0 Å². The Bertz CT molecular complexity index is 1160. The lowest BCUT2D eigenvalue weighted by molar-refractivity contribution is 0.469. The molecule has 1 aromatic rings. The fourth-order valence-electron chi connectivity index (χ4n) is 6.13. The molecule has 0 spiro atoms. The Morgan fingerprint density at radius 1 is 0.511 bits per heavy atom. The van der Waals surface area contributed by atoms with Gasteiger partial charge in [-0.1, -0.05) is 115 Å². The molecule has 0 saturated carbocycles. The van der Waals surface area contributed by atoms with Gasteiger partial charge in [0.2, 0.25) is 0 Å². The maximum atomic E-state index is 9.94. The van der Waals surface area contributed by atoms with Crippen molar-refractivity contribution >= 4 is 0 Å². The molecule has 1 N–H and O–H groups in total. The van der Waals surface area contributed by atoms with E-state index in [2.05, 4.69) is 98.8 Å². The number of hydrogen-bond donors (Lipinski definition) is 1. The minimum Gasteiger partial charge on any atom is -0.508 e. The van der Waals surface area contributed by atoms with Crippen molar-refractivity contribution in [2.24, 2.45) is 11.8 Å². The van der Waals surface area contributed by atoms with Gasteiger partial charge in [-0.3, -0.25) is 0 Å². The molecule has 0 radical (unpaired) electrons. The maximum absolute atomic E-state index is 9.94. The van der Waals surface area contributed by atoms with E-state index in [-0.39, 0.29) is 0 Å². The van der Waals surface area contributed by atoms with E-state index in [4.69, 9.17) is 0 Å². The molecule has 264 valence electrons. The van der Waals surface area contributed by atoms with Gasteiger partial charge in [0.15, 0.2) is 0 Å². The summed E-state index contributed by atoms with van der Waals surface area (Å²) >= 11 is 0. The normalized spacial score (nSPS) is 14.8. The highest BCUT2D eigenvalue weighted by Gasteiger charge is 2.04. The van der Waals surface area contributed by atoms with Crippen LogP contribution in [0.4, 0.5) is 0 Å². The summed E-state index contributed by atoms with van der Waals surface area (Å²) in [5.74, 6) is 2.03. The molecule has 0 aliphatic heterocycles. The summed E-state index contributed by atoms with van der Waals surface area (Å²) in [6.07, 6.45) is 35.2. The van der Waals surface area contributed by atoms with E-state index in [0.29, 0.717) is 5.75 Å². The third-order valence-corrected chi connectivity index (χ3v) is 9.66. The maximum Gasteiger partial charge on any atom is 0.119 e. The van der Waals surface area contributed by atoms with E-state index in [1.807, 2.05) is 18.2 Å². The lowest BCUT2D eigenvalue weighted by atomic mass is 9.95. The molecule has 2 atom stereocenters. The van der Waals surface area contributed by atoms with Gasteiger partial charge in [-0.15, -0.1) is 0 Å². The van der Waals surface area contributed by atoms with Gasteiger partial charge in [0.1, 0.15) is 5.75 Å². The molecule has 0 amide bonds. The number of rotatable bonds is 25. The smallest absolute Gasteiger partial charge is 0.119 e. The van der Waals surface area contributed by atoms with E-state index < -0.39 is 0 Å². The largest absolute Gasteiger partial charge is 0.508 e. The number of phenolic OH excluding ortho intramolecular Hbond substituents is 1. The molecule has 2 unspecified atom stereocenters. The van der Waals surface area contributed by atoms with Crippen LogP contribution in [-0.4, -0.2) is 5.11 Å². The Hall–Kier alpha value is -2.54. The summed E-state index contributed by atoms with van der Waals surface area (Å²) in [4.78, 5) is 0. The minimum atomic E-state index is 0.394. The molecule has 47 heavy (non-hydrogen) atoms. The average molecular weight is 643 g/mol. The van der Waals surface area contributed by atoms with Crippen molar-refractivity contribution in [2.75, 3.05) is 0 Å². The van der Waals surface area contributed by atoms with Crippen molar-refractivity contribution in [1.82, 2.24) is 0 Å². The Morgan fingerprint density at radius 2 is 0.915 bits per heavy atom. The predicted molar refractivity (Wildman–Crippen MR) is 212 cm³/mol. The molecule has 1 heteroatoms. The van der Waals surface area contributed by atoms with Crippen molar-refractivity contribution in [2.45, 2.75) is 171 Å². The lowest BCUT2D eigenvalue weighted by Gasteiger charge is -2.12. The molecule has 0 aromatic heterocycles. The monoisotopic (exact) mass is 643 g/mol. The van der Waals surface area contributed by atoms with Crippen molar-refractivity contribution in [3.63, 3.8) is 0 Å². The second-order valence-electron chi connectivity index (χ2n) is 15.1. The molecule has 0 aliphatic rings. The first-order valence-electron chi connectivity index (χ1n) is 19.1. The van der Waals surface area contributed by atoms with Gasteiger partial charge in [-0.05, 0) is 168 Å². The molecule has 1 nitrogen and oxygen atoms in total. The summed E-state index contributed by atoms with van der Waals surface area (Å²) in [5, 5.41) is 9.94. The van der Waals surface area contributed by atoms with E-state index >= 15 is 0 Å². The number of benzene rings is 1. The number of hydrogen-bond acceptors (Lipinski definition) is 1. The highest BCUT2D eigenvalue weighted by molar-refractivity contribution is 5.33. The molecular weight excluding hydrogens is 569 g/mol. The first kappa shape index (κ1) is 42.5. The predicted octanol–water partition coefficient (Wildman–Crippen LogP) is 15.1. The van der Waals surface area contributed by atoms with Crippen LogP contribution in [0.15, 0.2) is 94.2 Å². The van der Waals surface area contributed by atoms with Gasteiger partial charge in [0.05, 0.1) is 0 Å². The van der Waals surface area contributed by atoms with Gasteiger partial charge >= 0.3 is 0 Å². The minimum absolute atomic E-state index is 0.394. The number of allylic oxidation sites excluding steroid dienone is 12. The Kier molecular flexibility index (Phi) is 23.9. The molecule has 1 aromatic carbocycles. The van der Waals surface area contributed by atoms with Crippen LogP contribution in [0.25, 0.3) is 0 Å². The van der Waals surface area contributed by atoms with Crippen LogP contribution in [0.3, 0.4) is 0 Å². The first-order chi connectivity index (χ1) is 22.5. The number of para-hydroxylation sites is 1. The molecule has 0 fully saturated rings. The van der Waals surface area contributed by atoms with Crippen LogP contribution in [0.2, 0.25) is 0 Å². The van der Waals surface area contributed by atoms with E-state index in [1.54, 1.807) is 22.8 Å². The van der Waals surface area contributed by atoms with E-state index in [9.17, 15) is 5.11 Å². The van der Waals surface area contributed by atoms with E-state index in [1.165, 1.54) is 93.8 Å². The third kappa shape index (κ3) is 24.3. The van der Waals surface area contributed by atoms with Crippen molar-refractivity contribution < 1.29 is 5.11 Å². The van der Waals surface area contributed by atoms with Crippen LogP contribution in [-0.2, 0) is 6.42 Å². The van der Waals surface area contributed by atoms with Gasteiger partial charge in [0.25, 0.3) is 0 Å². The van der Waals surface area contributed by atoms with Crippen LogP contribution >= 0.6 is 0 Å². The molecule has 0 heterocycles. The summed E-state index contributed by atoms with van der Waals surface area (Å²) < 4.78 is 0. The summed E-state index contributed by atoms with van der Waals surface area (Å²) in [5.41, 5.74) is 10.0. The van der Waals surface area contributed by atoms with E-state index in [0.717, 1.165) is 49.5 Å². The van der Waals surface area contributed by atoms with Crippen LogP contribution in [0.1, 0.15) is 171 Å². The highest BCUT2D eigenvalue weighted by Crippen LogP contribution is 2.22. The second-order valence-corrected chi connectivity index (χ2v) is 15.1. The average Bonchev–Trinajstić information content (AvgIpc) is 3.00. The van der Waals surface area contributed by atoms with Crippen molar-refractivity contribution in [3.05, 3.63) is 99.7 Å². The molecule has 1 rings (SSSR count). The zero-order valence-electron chi connectivity index (χ0n) is 32.4. The third-order valence-electron chi connectivity index (χ3n) is 9.66. The lowest BCUT2D eigenvalue weighted by Crippen LogP contribution is -1.96. The fourth-order valence-corrected chi connectivity index (χ4v) is 6.13. The van der Waals surface area contributed by atoms with Crippen LogP contribution < -0.4 is 0 Å². The zero-order chi connectivity index (χ0) is 34.9. The topological polar surface area (TPSA) is 20.2 Å². The SMILES string of the molecule is CC(C)=CCC/C(C)=C/CCC(C)CCC/C(C)=C/CCC(C)CCC/C(C)=C/CC/C(C)=C/CC/C(C)=C/Cc1ccccc1O. The van der Waals surface area contributed by atoms with Crippen molar-refractivity contribution in [3.8, 4) is 5.75 Å². The summed E-state index contributed by atoms with van der Waals surface area (Å²) in [7, 11) is 0. The summed E-state index contributed by atoms with van der Waals surface area (Å²) in [6.45, 7) is 20.7. The standard InChI is InChI=1S/C46H74O/c1-37(2)19-12-20-38(3)21-13-22-39(4)23-14-24-40(5)25-15-26-41(6)27-16-28-42(7)29-17-30-43(8)31-18-32-44(9)35-36-45-33-10-11-34-46(45)47/h10-11,19,21,25,29,31,33-35,39,41,47H,12-18,20,22-24,26-28,30,32,36H2,1-9H3/b38-21+,40-25+,42-29+,43-31+,44-35+. The zero-order valence-corrected chi connectivity index (χ0v) is 32.4. The van der Waals surface area contributed by atoms with Gasteiger partial charge in [0, 0.05) is 0 Å². The quantitative estimate of drug-likeness (QED) is 0.105. The summed E-state index contributed by atoms with van der Waals surface area (Å²) in [6, 6.07) is 7.63. The molecule has 0 saturated heterocycles. The number of phenols is 1. The first-order valence-corrected chi connectivity index (χ1v) is 19.1. The molecular formula is C46H74O. The van der Waals surface area contributed by atoms with Crippen molar-refractivity contribution in [1.29, 1.82) is 0 Å². The molecule has 0 bridgehead atoms. The Labute approximate surface area is 293 Å². The van der Waals surface area contributed by atoms with Crippen LogP contribution in [0, 0.1) is 11.8 Å². The second kappa shape index (κ2) is 26.4.